The van der Waals surface area contributed by atoms with Crippen LogP contribution < -0.4 is 5.14 Å². The summed E-state index contributed by atoms with van der Waals surface area (Å²) in [6.45, 7) is 0. The van der Waals surface area contributed by atoms with Crippen LogP contribution in [0.4, 0.5) is 0 Å². The van der Waals surface area contributed by atoms with E-state index in [2.05, 4.69) is 0 Å². The van der Waals surface area contributed by atoms with Crippen LogP contribution in [0.25, 0.3) is 0 Å². The van der Waals surface area contributed by atoms with Gasteiger partial charge in [0, 0.05) is 9.79 Å². The second-order valence-electron chi connectivity index (χ2n) is 3.60. The van der Waals surface area contributed by atoms with E-state index >= 15 is 0 Å². The molecule has 0 amide bonds. The van der Waals surface area contributed by atoms with E-state index in [0.29, 0.717) is 9.79 Å². The standard InChI is InChI=1S/C12H11NO3S2/c13-18(15,16)12-8-4-7-11(9-12)17(14)10-5-2-1-3-6-10/h1-9H,(H2,13,15,16). The molecule has 0 aliphatic heterocycles. The monoisotopic (exact) mass is 281 g/mol. The zero-order valence-electron chi connectivity index (χ0n) is 9.31. The molecule has 18 heavy (non-hydrogen) atoms. The van der Waals surface area contributed by atoms with E-state index in [9.17, 15) is 12.6 Å². The molecule has 0 aliphatic rings. The number of primary sulfonamides is 1. The average molecular weight is 281 g/mol. The summed E-state index contributed by atoms with van der Waals surface area (Å²) < 4.78 is 34.6. The molecule has 0 saturated heterocycles. The zero-order chi connectivity index (χ0) is 13.2. The summed E-state index contributed by atoms with van der Waals surface area (Å²) in [5, 5.41) is 5.04. The van der Waals surface area contributed by atoms with Gasteiger partial charge in [0.15, 0.2) is 0 Å². The molecule has 4 nitrogen and oxygen atoms in total. The Kier molecular flexibility index (Phi) is 3.60. The molecule has 6 heteroatoms. The van der Waals surface area contributed by atoms with Gasteiger partial charge in [-0.25, -0.2) is 17.8 Å². The van der Waals surface area contributed by atoms with E-state index in [1.54, 1.807) is 30.3 Å². The van der Waals surface area contributed by atoms with Gasteiger partial charge >= 0.3 is 0 Å². The molecule has 0 aromatic heterocycles. The highest BCUT2D eigenvalue weighted by Gasteiger charge is 2.12. The number of hydrogen-bond acceptors (Lipinski definition) is 3. The van der Waals surface area contributed by atoms with Crippen molar-refractivity contribution in [3.05, 3.63) is 54.6 Å². The van der Waals surface area contributed by atoms with E-state index < -0.39 is 20.8 Å². The quantitative estimate of drug-likeness (QED) is 0.926. The van der Waals surface area contributed by atoms with E-state index in [-0.39, 0.29) is 4.90 Å². The van der Waals surface area contributed by atoms with Gasteiger partial charge in [-0.15, -0.1) is 0 Å². The van der Waals surface area contributed by atoms with Gasteiger partial charge in [-0.1, -0.05) is 24.3 Å². The molecule has 2 N–H and O–H groups in total. The van der Waals surface area contributed by atoms with Gasteiger partial charge in [0.2, 0.25) is 10.0 Å². The first-order valence-electron chi connectivity index (χ1n) is 5.08. The molecule has 0 heterocycles. The molecule has 1 unspecified atom stereocenters. The van der Waals surface area contributed by atoms with Crippen molar-refractivity contribution >= 4 is 20.8 Å². The fourth-order valence-electron chi connectivity index (χ4n) is 1.45. The number of nitrogens with two attached hydrogens (primary N) is 1. The van der Waals surface area contributed by atoms with Crippen molar-refractivity contribution in [2.24, 2.45) is 5.14 Å². The smallest absolute Gasteiger partial charge is 0.238 e. The molecule has 0 aliphatic carbocycles. The molecule has 2 aromatic rings. The first kappa shape index (κ1) is 12.9. The Balaban J connectivity index is 2.44. The molecule has 0 spiro atoms. The fraction of sp³-hybridized carbons (Fsp3) is 0. The van der Waals surface area contributed by atoms with E-state index in [1.807, 2.05) is 6.07 Å². The Labute approximate surface area is 108 Å². The highest BCUT2D eigenvalue weighted by Crippen LogP contribution is 2.18. The van der Waals surface area contributed by atoms with Gasteiger partial charge in [0.05, 0.1) is 15.7 Å². The Morgan fingerprint density at radius 2 is 1.50 bits per heavy atom. The summed E-state index contributed by atoms with van der Waals surface area (Å²) in [6, 6.07) is 14.7. The van der Waals surface area contributed by atoms with Crippen molar-refractivity contribution in [1.82, 2.24) is 0 Å². The lowest BCUT2D eigenvalue weighted by atomic mass is 10.4. The van der Waals surface area contributed by atoms with Crippen molar-refractivity contribution in [2.75, 3.05) is 0 Å². The highest BCUT2D eigenvalue weighted by atomic mass is 32.2. The molecule has 1 atom stereocenters. The number of hydrogen-bond donors (Lipinski definition) is 1. The molecular weight excluding hydrogens is 270 g/mol. The van der Waals surface area contributed by atoms with Gasteiger partial charge in [-0.05, 0) is 30.3 Å². The van der Waals surface area contributed by atoms with Crippen LogP contribution in [0.2, 0.25) is 0 Å². The summed E-state index contributed by atoms with van der Waals surface area (Å²) >= 11 is 0. The number of benzene rings is 2. The van der Waals surface area contributed by atoms with Gasteiger partial charge in [-0.2, -0.15) is 0 Å². The van der Waals surface area contributed by atoms with Crippen molar-refractivity contribution in [3.8, 4) is 0 Å². The molecule has 2 rings (SSSR count). The fourth-order valence-corrected chi connectivity index (χ4v) is 3.19. The maximum absolute atomic E-state index is 12.2. The Morgan fingerprint density at radius 1 is 0.889 bits per heavy atom. The van der Waals surface area contributed by atoms with Crippen molar-refractivity contribution in [2.45, 2.75) is 14.7 Å². The molecule has 0 saturated carbocycles. The van der Waals surface area contributed by atoms with Crippen LogP contribution in [-0.4, -0.2) is 12.6 Å². The summed E-state index contributed by atoms with van der Waals surface area (Å²) in [5.74, 6) is 0. The third-order valence-corrected chi connectivity index (χ3v) is 4.60. The van der Waals surface area contributed by atoms with Crippen molar-refractivity contribution in [1.29, 1.82) is 0 Å². The largest absolute Gasteiger partial charge is 0.249 e. The van der Waals surface area contributed by atoms with Crippen LogP contribution in [-0.2, 0) is 20.8 Å². The zero-order valence-corrected chi connectivity index (χ0v) is 10.9. The molecule has 0 fully saturated rings. The van der Waals surface area contributed by atoms with Crippen molar-refractivity contribution < 1.29 is 12.6 Å². The lowest BCUT2D eigenvalue weighted by Crippen LogP contribution is -2.12. The normalized spacial score (nSPS) is 13.2. The number of rotatable bonds is 3. The third-order valence-electron chi connectivity index (χ3n) is 2.31. The molecule has 0 radical (unpaired) electrons. The summed E-state index contributed by atoms with van der Waals surface area (Å²) in [5.41, 5.74) is 0. The van der Waals surface area contributed by atoms with Gasteiger partial charge in [0.1, 0.15) is 0 Å². The third kappa shape index (κ3) is 2.84. The van der Waals surface area contributed by atoms with E-state index in [0.717, 1.165) is 0 Å². The van der Waals surface area contributed by atoms with E-state index in [1.165, 1.54) is 18.2 Å². The predicted molar refractivity (Wildman–Crippen MR) is 68.9 cm³/mol. The van der Waals surface area contributed by atoms with Gasteiger partial charge in [-0.3, -0.25) is 0 Å². The highest BCUT2D eigenvalue weighted by molar-refractivity contribution is 7.89. The minimum absolute atomic E-state index is 0.0377. The second kappa shape index (κ2) is 5.01. The number of sulfonamides is 1. The first-order chi connectivity index (χ1) is 8.48. The summed E-state index contributed by atoms with van der Waals surface area (Å²) in [6.07, 6.45) is 0. The molecular formula is C12H11NO3S2. The Hall–Kier alpha value is -1.50. The van der Waals surface area contributed by atoms with Gasteiger partial charge < -0.3 is 0 Å². The molecule has 2 aromatic carbocycles. The van der Waals surface area contributed by atoms with Crippen LogP contribution in [0.5, 0.6) is 0 Å². The van der Waals surface area contributed by atoms with Crippen LogP contribution >= 0.6 is 0 Å². The average Bonchev–Trinajstić information content (AvgIpc) is 2.38. The summed E-state index contributed by atoms with van der Waals surface area (Å²) in [4.78, 5) is 0.987. The predicted octanol–water partition coefficient (Wildman–Crippen LogP) is 1.50. The van der Waals surface area contributed by atoms with E-state index in [4.69, 9.17) is 5.14 Å². The van der Waals surface area contributed by atoms with Crippen LogP contribution in [0.15, 0.2) is 69.3 Å². The lowest BCUT2D eigenvalue weighted by Gasteiger charge is -2.04. The first-order valence-corrected chi connectivity index (χ1v) is 7.78. The minimum atomic E-state index is -3.78. The molecule has 94 valence electrons. The van der Waals surface area contributed by atoms with Crippen LogP contribution in [0, 0.1) is 0 Å². The topological polar surface area (TPSA) is 77.2 Å². The van der Waals surface area contributed by atoms with Crippen LogP contribution in [0.1, 0.15) is 0 Å². The second-order valence-corrected chi connectivity index (χ2v) is 6.64. The Bertz CT molecular complexity index is 681. The SMILES string of the molecule is NS(=O)(=O)c1cccc(S(=O)c2ccccc2)c1. The molecule has 0 bridgehead atoms. The maximum Gasteiger partial charge on any atom is 0.238 e. The lowest BCUT2D eigenvalue weighted by molar-refractivity contribution is 0.597. The maximum atomic E-state index is 12.2. The van der Waals surface area contributed by atoms with Crippen molar-refractivity contribution in [3.63, 3.8) is 0 Å². The minimum Gasteiger partial charge on any atom is -0.249 e. The van der Waals surface area contributed by atoms with Gasteiger partial charge in [0.25, 0.3) is 0 Å². The van der Waals surface area contributed by atoms with Crippen LogP contribution in [0.3, 0.4) is 0 Å². The summed E-state index contributed by atoms with van der Waals surface area (Å²) in [7, 11) is -5.19. The Morgan fingerprint density at radius 3 is 2.11 bits per heavy atom.